The Morgan fingerprint density at radius 3 is 2.44 bits per heavy atom. The van der Waals surface area contributed by atoms with E-state index in [1.165, 1.54) is 22.4 Å². The number of Topliss-reactive ketones (excluding diaryl/α,β-unsaturated/α-hetero) is 1. The van der Waals surface area contributed by atoms with Crippen molar-refractivity contribution >= 4 is 11.5 Å². The van der Waals surface area contributed by atoms with Gasteiger partial charge in [-0.25, -0.2) is 0 Å². The number of aliphatic hydroxyl groups is 2. The van der Waals surface area contributed by atoms with Gasteiger partial charge in [-0.1, -0.05) is 24.6 Å². The molecule has 1 aromatic rings. The fraction of sp³-hybridized carbons (Fsp3) is 0.727. The first-order valence-electron chi connectivity index (χ1n) is 15.2. The fourth-order valence-corrected chi connectivity index (χ4v) is 9.98. The molecule has 1 spiro atoms. The number of hydrogen-bond acceptors (Lipinski definition) is 6. The lowest BCUT2D eigenvalue weighted by Crippen LogP contribution is -2.55. The number of anilines is 1. The van der Waals surface area contributed by atoms with Crippen molar-refractivity contribution in [3.05, 3.63) is 41.0 Å². The maximum absolute atomic E-state index is 13.5. The Hall–Kier alpha value is -1.73. The van der Waals surface area contributed by atoms with Gasteiger partial charge in [0.2, 0.25) is 0 Å². The second kappa shape index (κ2) is 9.68. The molecule has 39 heavy (non-hydrogen) atoms. The summed E-state index contributed by atoms with van der Waals surface area (Å²) in [6, 6.07) is 8.95. The highest BCUT2D eigenvalue weighted by atomic mass is 16.7. The van der Waals surface area contributed by atoms with Crippen molar-refractivity contribution in [2.75, 3.05) is 38.8 Å². The zero-order valence-electron chi connectivity index (χ0n) is 24.3. The number of nitrogens with zero attached hydrogens (tertiary/aromatic N) is 1. The molecule has 1 aliphatic heterocycles. The first kappa shape index (κ1) is 27.4. The molecule has 0 aromatic heterocycles. The molecule has 214 valence electrons. The topological polar surface area (TPSA) is 79.2 Å². The van der Waals surface area contributed by atoms with Crippen molar-refractivity contribution in [3.63, 3.8) is 0 Å². The van der Waals surface area contributed by atoms with Crippen molar-refractivity contribution in [1.29, 1.82) is 0 Å². The molecule has 6 rings (SSSR count). The normalized spacial score (nSPS) is 38.9. The van der Waals surface area contributed by atoms with Crippen LogP contribution in [0.1, 0.15) is 89.5 Å². The van der Waals surface area contributed by atoms with Gasteiger partial charge in [-0.3, -0.25) is 4.79 Å². The second-order valence-corrected chi connectivity index (χ2v) is 13.7. The van der Waals surface area contributed by atoms with E-state index in [0.29, 0.717) is 43.7 Å². The van der Waals surface area contributed by atoms with E-state index in [1.54, 1.807) is 6.92 Å². The number of carbonyl (C=O) groups excluding carboxylic acids is 1. The van der Waals surface area contributed by atoms with Gasteiger partial charge in [0.1, 0.15) is 5.78 Å². The van der Waals surface area contributed by atoms with Gasteiger partial charge >= 0.3 is 0 Å². The molecule has 4 fully saturated rings. The summed E-state index contributed by atoms with van der Waals surface area (Å²) in [7, 11) is 4.13. The number of aliphatic hydroxyl groups excluding tert-OH is 1. The van der Waals surface area contributed by atoms with Gasteiger partial charge in [-0.05, 0) is 98.8 Å². The van der Waals surface area contributed by atoms with Crippen LogP contribution in [0.3, 0.4) is 0 Å². The largest absolute Gasteiger partial charge is 0.396 e. The highest BCUT2D eigenvalue weighted by Gasteiger charge is 2.66. The van der Waals surface area contributed by atoms with E-state index in [1.807, 2.05) is 0 Å². The molecule has 1 saturated heterocycles. The van der Waals surface area contributed by atoms with Crippen molar-refractivity contribution in [1.82, 2.24) is 0 Å². The summed E-state index contributed by atoms with van der Waals surface area (Å²) in [5, 5.41) is 22.0. The number of ketones is 1. The maximum atomic E-state index is 13.5. The number of rotatable bonds is 6. The van der Waals surface area contributed by atoms with Gasteiger partial charge in [-0.15, -0.1) is 0 Å². The Kier molecular flexibility index (Phi) is 6.81. The van der Waals surface area contributed by atoms with E-state index in [9.17, 15) is 15.0 Å². The SMILES string of the molecule is CC(=O)[C@@]1(CCCO)CC[C@H]2[C@@H]3CC[C@@]4(O)CC5(CCC4=C3[C@@H](c3ccc(N(C)C)cc3)C[C@@]21C)OCCO5. The van der Waals surface area contributed by atoms with Crippen LogP contribution >= 0.6 is 0 Å². The Bertz CT molecular complexity index is 1140. The first-order valence-corrected chi connectivity index (χ1v) is 15.2. The summed E-state index contributed by atoms with van der Waals surface area (Å²) >= 11 is 0. The monoisotopic (exact) mass is 537 g/mol. The van der Waals surface area contributed by atoms with Crippen LogP contribution in [0.2, 0.25) is 0 Å². The van der Waals surface area contributed by atoms with Crippen molar-refractivity contribution in [2.24, 2.45) is 22.7 Å². The van der Waals surface area contributed by atoms with Crippen LogP contribution < -0.4 is 4.90 Å². The van der Waals surface area contributed by atoms with Gasteiger partial charge in [-0.2, -0.15) is 0 Å². The van der Waals surface area contributed by atoms with Gasteiger partial charge in [0.25, 0.3) is 0 Å². The molecule has 1 heterocycles. The zero-order chi connectivity index (χ0) is 27.6. The molecule has 6 atom stereocenters. The smallest absolute Gasteiger partial charge is 0.171 e. The summed E-state index contributed by atoms with van der Waals surface area (Å²) in [6.07, 6.45) is 8.08. The lowest BCUT2D eigenvalue weighted by atomic mass is 9.46. The molecule has 0 radical (unpaired) electrons. The molecular formula is C33H47NO5. The lowest BCUT2D eigenvalue weighted by Gasteiger charge is -2.58. The zero-order valence-corrected chi connectivity index (χ0v) is 24.3. The predicted molar refractivity (Wildman–Crippen MR) is 152 cm³/mol. The van der Waals surface area contributed by atoms with E-state index in [2.05, 4.69) is 50.2 Å². The van der Waals surface area contributed by atoms with Crippen LogP contribution in [0.15, 0.2) is 35.4 Å². The molecule has 0 bridgehead atoms. The standard InChI is InChI=1S/C33H47NO5/c1-22(36)31(13-5-17-35)14-11-27-25-10-15-32(37)21-33(38-18-19-39-33)16-12-28(32)29(25)26(20-30(27,31)2)23-6-8-24(9-7-23)34(3)4/h6-9,25-27,35,37H,5,10-21H2,1-4H3/t25-,26+,27-,30-,31+,32+/m0/s1. The van der Waals surface area contributed by atoms with Crippen LogP contribution in [-0.2, 0) is 14.3 Å². The number of allylic oxidation sites excluding steroid dienone is 1. The highest BCUT2D eigenvalue weighted by molar-refractivity contribution is 5.84. The van der Waals surface area contributed by atoms with Crippen LogP contribution in [0, 0.1) is 22.7 Å². The number of hydrogen-bond donors (Lipinski definition) is 2. The third-order valence-electron chi connectivity index (χ3n) is 11.8. The van der Waals surface area contributed by atoms with Crippen LogP contribution in [0.5, 0.6) is 0 Å². The van der Waals surface area contributed by atoms with E-state index in [0.717, 1.165) is 51.4 Å². The van der Waals surface area contributed by atoms with Gasteiger partial charge < -0.3 is 24.6 Å². The second-order valence-electron chi connectivity index (χ2n) is 13.7. The van der Waals surface area contributed by atoms with Crippen LogP contribution in [-0.4, -0.2) is 61.3 Å². The molecule has 0 unspecified atom stereocenters. The summed E-state index contributed by atoms with van der Waals surface area (Å²) in [4.78, 5) is 15.6. The van der Waals surface area contributed by atoms with Crippen molar-refractivity contribution in [2.45, 2.75) is 95.4 Å². The van der Waals surface area contributed by atoms with Gasteiger partial charge in [0, 0.05) is 50.6 Å². The third kappa shape index (κ3) is 4.07. The lowest BCUT2D eigenvalue weighted by molar-refractivity contribution is -0.208. The Balaban J connectivity index is 1.48. The molecular weight excluding hydrogens is 490 g/mol. The fourth-order valence-electron chi connectivity index (χ4n) is 9.98. The number of ether oxygens (including phenoxy) is 2. The Morgan fingerprint density at radius 2 is 1.79 bits per heavy atom. The maximum Gasteiger partial charge on any atom is 0.171 e. The molecule has 0 amide bonds. The van der Waals surface area contributed by atoms with Crippen molar-refractivity contribution < 1.29 is 24.5 Å². The summed E-state index contributed by atoms with van der Waals surface area (Å²) in [5.41, 5.74) is 3.73. The minimum absolute atomic E-state index is 0.128. The predicted octanol–water partition coefficient (Wildman–Crippen LogP) is 5.37. The highest BCUT2D eigenvalue weighted by Crippen LogP contribution is 2.71. The minimum atomic E-state index is -0.892. The number of benzene rings is 1. The summed E-state index contributed by atoms with van der Waals surface area (Å²) < 4.78 is 12.2. The molecule has 6 nitrogen and oxygen atoms in total. The number of carbonyl (C=O) groups is 1. The van der Waals surface area contributed by atoms with E-state index < -0.39 is 16.8 Å². The molecule has 3 saturated carbocycles. The summed E-state index contributed by atoms with van der Waals surface area (Å²) in [5.74, 6) is 0.603. The minimum Gasteiger partial charge on any atom is -0.396 e. The average Bonchev–Trinajstić information content (AvgIpc) is 3.48. The van der Waals surface area contributed by atoms with Gasteiger partial charge in [0.15, 0.2) is 5.79 Å². The van der Waals surface area contributed by atoms with Crippen LogP contribution in [0.25, 0.3) is 0 Å². The number of fused-ring (bicyclic) bond motifs is 4. The molecule has 6 heteroatoms. The molecule has 4 aliphatic carbocycles. The Labute approximate surface area is 233 Å². The summed E-state index contributed by atoms with van der Waals surface area (Å²) in [6.45, 7) is 5.52. The van der Waals surface area contributed by atoms with E-state index in [4.69, 9.17) is 9.47 Å². The quantitative estimate of drug-likeness (QED) is 0.475. The van der Waals surface area contributed by atoms with Gasteiger partial charge in [0.05, 0.1) is 18.8 Å². The van der Waals surface area contributed by atoms with E-state index >= 15 is 0 Å². The molecule has 1 aromatic carbocycles. The first-order chi connectivity index (χ1) is 18.6. The average molecular weight is 538 g/mol. The molecule has 5 aliphatic rings. The van der Waals surface area contributed by atoms with Crippen molar-refractivity contribution in [3.8, 4) is 0 Å². The molecule has 2 N–H and O–H groups in total. The van der Waals surface area contributed by atoms with Crippen LogP contribution in [0.4, 0.5) is 5.69 Å². The third-order valence-corrected chi connectivity index (χ3v) is 11.8. The Morgan fingerprint density at radius 1 is 1.08 bits per heavy atom. The van der Waals surface area contributed by atoms with E-state index in [-0.39, 0.29) is 17.9 Å².